The minimum Gasteiger partial charge on any atom is -0.460 e. The third-order valence-corrected chi connectivity index (χ3v) is 1.63. The predicted octanol–water partition coefficient (Wildman–Crippen LogP) is 0.463. The number of carbonyl (C=O) groups excluding carboxylic acids is 1. The van der Waals surface area contributed by atoms with Crippen LogP contribution in [0.2, 0.25) is 0 Å². The molecule has 0 aliphatic carbocycles. The van der Waals surface area contributed by atoms with E-state index in [2.05, 4.69) is 0 Å². The molecule has 0 saturated carbocycles. The summed E-state index contributed by atoms with van der Waals surface area (Å²) in [6, 6.07) is 0. The van der Waals surface area contributed by atoms with E-state index in [4.69, 9.17) is 14.9 Å². The molecule has 2 N–H and O–H groups in total. The van der Waals surface area contributed by atoms with Crippen molar-refractivity contribution in [3.63, 3.8) is 0 Å². The Morgan fingerprint density at radius 1 is 1.31 bits per heavy atom. The highest BCUT2D eigenvalue weighted by Crippen LogP contribution is 2.02. The molecule has 4 nitrogen and oxygen atoms in total. The number of esters is 1. The molecular formula is C9H18O4. The maximum absolute atomic E-state index is 11.0. The lowest BCUT2D eigenvalue weighted by atomic mass is 10.2. The Morgan fingerprint density at radius 3 is 2.54 bits per heavy atom. The fraction of sp³-hybridized carbons (Fsp3) is 0.889. The van der Waals surface area contributed by atoms with Gasteiger partial charge in [-0.3, -0.25) is 4.79 Å². The van der Waals surface area contributed by atoms with Gasteiger partial charge in [-0.1, -0.05) is 6.42 Å². The van der Waals surface area contributed by atoms with Gasteiger partial charge in [-0.15, -0.1) is 0 Å². The Labute approximate surface area is 78.5 Å². The van der Waals surface area contributed by atoms with E-state index in [-0.39, 0.29) is 19.2 Å². The summed E-state index contributed by atoms with van der Waals surface area (Å²) >= 11 is 0. The highest BCUT2D eigenvalue weighted by atomic mass is 16.5. The fourth-order valence-electron chi connectivity index (χ4n) is 0.879. The van der Waals surface area contributed by atoms with Gasteiger partial charge in [-0.05, 0) is 19.8 Å². The van der Waals surface area contributed by atoms with Crippen molar-refractivity contribution in [2.24, 2.45) is 0 Å². The molecule has 0 aliphatic rings. The number of unbranched alkanes of at least 4 members (excludes halogenated alkanes) is 2. The number of aliphatic hydroxyl groups excluding tert-OH is 2. The first-order chi connectivity index (χ1) is 6.20. The lowest BCUT2D eigenvalue weighted by molar-refractivity contribution is -0.150. The van der Waals surface area contributed by atoms with E-state index in [0.29, 0.717) is 6.42 Å². The van der Waals surface area contributed by atoms with E-state index >= 15 is 0 Å². The van der Waals surface area contributed by atoms with Crippen LogP contribution in [0.15, 0.2) is 0 Å². The van der Waals surface area contributed by atoms with Gasteiger partial charge in [0, 0.05) is 13.0 Å². The topological polar surface area (TPSA) is 66.8 Å². The van der Waals surface area contributed by atoms with Gasteiger partial charge in [0.25, 0.3) is 0 Å². The van der Waals surface area contributed by atoms with E-state index in [1.54, 1.807) is 6.92 Å². The number of rotatable bonds is 7. The van der Waals surface area contributed by atoms with Gasteiger partial charge >= 0.3 is 5.97 Å². The molecular weight excluding hydrogens is 172 g/mol. The molecule has 0 aromatic rings. The van der Waals surface area contributed by atoms with Crippen molar-refractivity contribution in [3.8, 4) is 0 Å². The summed E-state index contributed by atoms with van der Waals surface area (Å²) < 4.78 is 4.83. The number of carbonyl (C=O) groups is 1. The van der Waals surface area contributed by atoms with Gasteiger partial charge in [-0.2, -0.15) is 0 Å². The number of ether oxygens (including phenoxy) is 1. The van der Waals surface area contributed by atoms with Crippen molar-refractivity contribution in [1.82, 2.24) is 0 Å². The standard InChI is InChI=1S/C9H18O4/c1-8(7-11)13-9(12)5-3-2-4-6-10/h8,10-11H,2-7H2,1H3. The monoisotopic (exact) mass is 190 g/mol. The lowest BCUT2D eigenvalue weighted by Gasteiger charge is -2.09. The van der Waals surface area contributed by atoms with Crippen LogP contribution in [0.25, 0.3) is 0 Å². The van der Waals surface area contributed by atoms with Crippen LogP contribution in [0.5, 0.6) is 0 Å². The first-order valence-corrected chi connectivity index (χ1v) is 4.62. The maximum Gasteiger partial charge on any atom is 0.306 e. The van der Waals surface area contributed by atoms with Crippen LogP contribution in [-0.4, -0.2) is 35.5 Å². The number of aliphatic hydroxyl groups is 2. The van der Waals surface area contributed by atoms with Crippen molar-refractivity contribution in [1.29, 1.82) is 0 Å². The average Bonchev–Trinajstić information content (AvgIpc) is 2.12. The highest BCUT2D eigenvalue weighted by Gasteiger charge is 2.07. The Morgan fingerprint density at radius 2 is 2.00 bits per heavy atom. The van der Waals surface area contributed by atoms with Crippen LogP contribution in [0.3, 0.4) is 0 Å². The van der Waals surface area contributed by atoms with E-state index in [1.807, 2.05) is 0 Å². The maximum atomic E-state index is 11.0. The zero-order valence-electron chi connectivity index (χ0n) is 8.03. The van der Waals surface area contributed by atoms with E-state index in [1.165, 1.54) is 0 Å². The quantitative estimate of drug-likeness (QED) is 0.452. The number of hydrogen-bond acceptors (Lipinski definition) is 4. The zero-order valence-corrected chi connectivity index (χ0v) is 8.03. The molecule has 1 unspecified atom stereocenters. The van der Waals surface area contributed by atoms with Crippen molar-refractivity contribution in [2.45, 2.75) is 38.7 Å². The smallest absolute Gasteiger partial charge is 0.306 e. The minimum atomic E-state index is -0.412. The average molecular weight is 190 g/mol. The molecule has 4 heteroatoms. The van der Waals surface area contributed by atoms with Crippen molar-refractivity contribution in [3.05, 3.63) is 0 Å². The Hall–Kier alpha value is -0.610. The molecule has 0 rings (SSSR count). The van der Waals surface area contributed by atoms with Crippen LogP contribution < -0.4 is 0 Å². The van der Waals surface area contributed by atoms with Crippen molar-refractivity contribution >= 4 is 5.97 Å². The van der Waals surface area contributed by atoms with E-state index in [9.17, 15) is 4.79 Å². The molecule has 1 atom stereocenters. The molecule has 78 valence electrons. The predicted molar refractivity (Wildman–Crippen MR) is 48.2 cm³/mol. The molecule has 0 radical (unpaired) electrons. The third kappa shape index (κ3) is 7.74. The van der Waals surface area contributed by atoms with E-state index < -0.39 is 6.10 Å². The largest absolute Gasteiger partial charge is 0.460 e. The molecule has 0 spiro atoms. The Balaban J connectivity index is 3.30. The van der Waals surface area contributed by atoms with Gasteiger partial charge in [0.2, 0.25) is 0 Å². The highest BCUT2D eigenvalue weighted by molar-refractivity contribution is 5.69. The van der Waals surface area contributed by atoms with Crippen molar-refractivity contribution < 1.29 is 19.7 Å². The molecule has 0 fully saturated rings. The van der Waals surface area contributed by atoms with Crippen LogP contribution in [-0.2, 0) is 9.53 Å². The Bertz CT molecular complexity index is 136. The van der Waals surface area contributed by atoms with Crippen LogP contribution >= 0.6 is 0 Å². The van der Waals surface area contributed by atoms with Crippen LogP contribution in [0.4, 0.5) is 0 Å². The third-order valence-electron chi connectivity index (χ3n) is 1.63. The molecule has 0 saturated heterocycles. The van der Waals surface area contributed by atoms with E-state index in [0.717, 1.165) is 19.3 Å². The van der Waals surface area contributed by atoms with Gasteiger partial charge in [0.05, 0.1) is 6.61 Å². The first kappa shape index (κ1) is 12.4. The molecule has 0 bridgehead atoms. The molecule has 0 aromatic heterocycles. The van der Waals surface area contributed by atoms with Gasteiger partial charge in [-0.25, -0.2) is 0 Å². The lowest BCUT2D eigenvalue weighted by Crippen LogP contribution is -2.18. The Kier molecular flexibility index (Phi) is 7.63. The second-order valence-electron chi connectivity index (χ2n) is 3.02. The fourth-order valence-corrected chi connectivity index (χ4v) is 0.879. The minimum absolute atomic E-state index is 0.137. The molecule has 0 amide bonds. The van der Waals surface area contributed by atoms with Gasteiger partial charge < -0.3 is 14.9 Å². The second-order valence-corrected chi connectivity index (χ2v) is 3.02. The second kappa shape index (κ2) is 8.01. The molecule has 0 heterocycles. The summed E-state index contributed by atoms with van der Waals surface area (Å²) in [6.45, 7) is 1.68. The summed E-state index contributed by atoms with van der Waals surface area (Å²) in [4.78, 5) is 11.0. The van der Waals surface area contributed by atoms with Crippen LogP contribution in [0, 0.1) is 0 Å². The van der Waals surface area contributed by atoms with Crippen molar-refractivity contribution in [2.75, 3.05) is 13.2 Å². The summed E-state index contributed by atoms with van der Waals surface area (Å²) in [5.74, 6) is -0.278. The SMILES string of the molecule is CC(CO)OC(=O)CCCCCO. The molecule has 13 heavy (non-hydrogen) atoms. The van der Waals surface area contributed by atoms with Crippen LogP contribution in [0.1, 0.15) is 32.6 Å². The van der Waals surface area contributed by atoms with Gasteiger partial charge in [0.1, 0.15) is 6.10 Å². The summed E-state index contributed by atoms with van der Waals surface area (Å²) in [5, 5.41) is 17.0. The van der Waals surface area contributed by atoms with Gasteiger partial charge in [0.15, 0.2) is 0 Å². The summed E-state index contributed by atoms with van der Waals surface area (Å²) in [6.07, 6.45) is 2.24. The zero-order chi connectivity index (χ0) is 10.1. The summed E-state index contributed by atoms with van der Waals surface area (Å²) in [7, 11) is 0. The first-order valence-electron chi connectivity index (χ1n) is 4.62. The number of hydrogen-bond donors (Lipinski definition) is 2. The molecule has 0 aliphatic heterocycles. The normalized spacial score (nSPS) is 12.5. The summed E-state index contributed by atoms with van der Waals surface area (Å²) in [5.41, 5.74) is 0. The molecule has 0 aromatic carbocycles.